The predicted octanol–water partition coefficient (Wildman–Crippen LogP) is 1.95. The molecule has 1 aromatic rings. The van der Waals surface area contributed by atoms with Crippen LogP contribution in [0.25, 0.3) is 0 Å². The zero-order chi connectivity index (χ0) is 15.1. The summed E-state index contributed by atoms with van der Waals surface area (Å²) in [7, 11) is 1.25. The largest absolute Gasteiger partial charge is 0.465 e. The van der Waals surface area contributed by atoms with Gasteiger partial charge in [0.05, 0.1) is 17.6 Å². The van der Waals surface area contributed by atoms with E-state index in [1.54, 1.807) is 0 Å². The van der Waals surface area contributed by atoms with E-state index >= 15 is 0 Å². The summed E-state index contributed by atoms with van der Waals surface area (Å²) >= 11 is 0. The quantitative estimate of drug-likeness (QED) is 0.450. The van der Waals surface area contributed by atoms with E-state index in [9.17, 15) is 14.9 Å². The maximum absolute atomic E-state index is 11.5. The Balaban J connectivity index is 2.99. The first-order chi connectivity index (χ1) is 9.49. The van der Waals surface area contributed by atoms with Crippen molar-refractivity contribution in [2.75, 3.05) is 19.0 Å². The molecule has 0 amide bonds. The SMILES string of the molecule is COC(=O)c1ccc([N+](=O)[O-])c(NC(C)CCCO)c1. The third-order valence-electron chi connectivity index (χ3n) is 2.81. The van der Waals surface area contributed by atoms with Crippen molar-refractivity contribution in [2.45, 2.75) is 25.8 Å². The van der Waals surface area contributed by atoms with Gasteiger partial charge in [-0.15, -0.1) is 0 Å². The summed E-state index contributed by atoms with van der Waals surface area (Å²) in [6, 6.07) is 3.97. The molecule has 20 heavy (non-hydrogen) atoms. The minimum absolute atomic E-state index is 0.0613. The van der Waals surface area contributed by atoms with Crippen LogP contribution in [-0.2, 0) is 4.74 Å². The lowest BCUT2D eigenvalue weighted by Gasteiger charge is -2.15. The zero-order valence-electron chi connectivity index (χ0n) is 11.5. The number of methoxy groups -OCH3 is 1. The van der Waals surface area contributed by atoms with Gasteiger partial charge in [-0.25, -0.2) is 4.79 Å². The molecule has 0 radical (unpaired) electrons. The second kappa shape index (κ2) is 7.44. The Morgan fingerprint density at radius 2 is 2.25 bits per heavy atom. The average Bonchev–Trinajstić information content (AvgIpc) is 2.43. The second-order valence-corrected chi connectivity index (χ2v) is 4.39. The number of anilines is 1. The summed E-state index contributed by atoms with van der Waals surface area (Å²) in [4.78, 5) is 21.9. The van der Waals surface area contributed by atoms with Crippen LogP contribution < -0.4 is 5.32 Å². The summed E-state index contributed by atoms with van der Waals surface area (Å²) in [5.41, 5.74) is 0.409. The Morgan fingerprint density at radius 1 is 1.55 bits per heavy atom. The maximum atomic E-state index is 11.5. The van der Waals surface area contributed by atoms with Crippen molar-refractivity contribution in [3.63, 3.8) is 0 Å². The third-order valence-corrected chi connectivity index (χ3v) is 2.81. The monoisotopic (exact) mass is 282 g/mol. The minimum atomic E-state index is -0.550. The number of hydrogen-bond donors (Lipinski definition) is 2. The zero-order valence-corrected chi connectivity index (χ0v) is 11.5. The Bertz CT molecular complexity index is 490. The standard InChI is InChI=1S/C13H18N2O5/c1-9(4-3-7-16)14-11-8-10(13(17)20-2)5-6-12(11)15(18)19/h5-6,8-9,14,16H,3-4,7H2,1-2H3. The van der Waals surface area contributed by atoms with Crippen molar-refractivity contribution >= 4 is 17.3 Å². The van der Waals surface area contributed by atoms with Gasteiger partial charge in [-0.2, -0.15) is 0 Å². The van der Waals surface area contributed by atoms with Gasteiger partial charge < -0.3 is 15.2 Å². The molecule has 0 saturated heterocycles. The molecule has 0 aliphatic rings. The molecule has 0 bridgehead atoms. The van der Waals surface area contributed by atoms with Gasteiger partial charge in [-0.05, 0) is 31.9 Å². The Kier molecular flexibility index (Phi) is 5.92. The molecule has 0 aromatic heterocycles. The summed E-state index contributed by atoms with van der Waals surface area (Å²) in [6.45, 7) is 1.92. The molecule has 7 nitrogen and oxygen atoms in total. The smallest absolute Gasteiger partial charge is 0.337 e. The number of benzene rings is 1. The van der Waals surface area contributed by atoms with E-state index in [1.807, 2.05) is 6.92 Å². The topological polar surface area (TPSA) is 102 Å². The first kappa shape index (κ1) is 15.9. The molecule has 0 aliphatic heterocycles. The number of carbonyl (C=O) groups is 1. The van der Waals surface area contributed by atoms with E-state index in [-0.39, 0.29) is 29.6 Å². The van der Waals surface area contributed by atoms with Crippen LogP contribution in [0.2, 0.25) is 0 Å². The van der Waals surface area contributed by atoms with Gasteiger partial charge in [0.15, 0.2) is 0 Å². The number of rotatable bonds is 7. The number of aliphatic hydroxyl groups is 1. The predicted molar refractivity (Wildman–Crippen MR) is 73.8 cm³/mol. The van der Waals surface area contributed by atoms with Gasteiger partial charge >= 0.3 is 5.97 Å². The Labute approximate surface area is 116 Å². The highest BCUT2D eigenvalue weighted by atomic mass is 16.6. The van der Waals surface area contributed by atoms with Crippen LogP contribution in [-0.4, -0.2) is 35.8 Å². The van der Waals surface area contributed by atoms with Gasteiger partial charge in [-0.3, -0.25) is 10.1 Å². The van der Waals surface area contributed by atoms with Crippen LogP contribution in [0.5, 0.6) is 0 Å². The second-order valence-electron chi connectivity index (χ2n) is 4.39. The maximum Gasteiger partial charge on any atom is 0.337 e. The van der Waals surface area contributed by atoms with E-state index < -0.39 is 10.9 Å². The highest BCUT2D eigenvalue weighted by Gasteiger charge is 2.18. The van der Waals surface area contributed by atoms with Crippen molar-refractivity contribution in [3.8, 4) is 0 Å². The summed E-state index contributed by atoms with van der Waals surface area (Å²) in [5.74, 6) is -0.550. The first-order valence-electron chi connectivity index (χ1n) is 6.23. The highest BCUT2D eigenvalue weighted by molar-refractivity contribution is 5.91. The number of nitro benzene ring substituents is 1. The van der Waals surface area contributed by atoms with E-state index in [4.69, 9.17) is 5.11 Å². The van der Waals surface area contributed by atoms with Crippen molar-refractivity contribution in [1.29, 1.82) is 0 Å². The molecule has 1 aromatic carbocycles. The lowest BCUT2D eigenvalue weighted by Crippen LogP contribution is -2.17. The molecule has 0 fully saturated rings. The molecule has 0 saturated carbocycles. The fraction of sp³-hybridized carbons (Fsp3) is 0.462. The molecule has 0 heterocycles. The van der Waals surface area contributed by atoms with Gasteiger partial charge in [0.1, 0.15) is 5.69 Å². The molecule has 0 aliphatic carbocycles. The van der Waals surface area contributed by atoms with Crippen molar-refractivity contribution in [3.05, 3.63) is 33.9 Å². The Morgan fingerprint density at radius 3 is 2.80 bits per heavy atom. The fourth-order valence-corrected chi connectivity index (χ4v) is 1.79. The number of nitrogens with one attached hydrogen (secondary N) is 1. The number of hydrogen-bond acceptors (Lipinski definition) is 6. The lowest BCUT2D eigenvalue weighted by atomic mass is 10.1. The van der Waals surface area contributed by atoms with Crippen LogP contribution in [0.4, 0.5) is 11.4 Å². The number of nitrogens with zero attached hydrogens (tertiary/aromatic N) is 1. The molecule has 0 spiro atoms. The lowest BCUT2D eigenvalue weighted by molar-refractivity contribution is -0.384. The Hall–Kier alpha value is -2.15. The van der Waals surface area contributed by atoms with Crippen LogP contribution >= 0.6 is 0 Å². The number of nitro groups is 1. The van der Waals surface area contributed by atoms with E-state index in [1.165, 1.54) is 25.3 Å². The van der Waals surface area contributed by atoms with Crippen molar-refractivity contribution in [1.82, 2.24) is 0 Å². The van der Waals surface area contributed by atoms with Crippen LogP contribution in [0.15, 0.2) is 18.2 Å². The molecular formula is C13H18N2O5. The number of aliphatic hydroxyl groups excluding tert-OH is 1. The van der Waals surface area contributed by atoms with Gasteiger partial charge in [-0.1, -0.05) is 0 Å². The van der Waals surface area contributed by atoms with Crippen LogP contribution in [0.3, 0.4) is 0 Å². The van der Waals surface area contributed by atoms with Crippen LogP contribution in [0, 0.1) is 10.1 Å². The highest BCUT2D eigenvalue weighted by Crippen LogP contribution is 2.27. The van der Waals surface area contributed by atoms with Crippen LogP contribution in [0.1, 0.15) is 30.1 Å². The summed E-state index contributed by atoms with van der Waals surface area (Å²) in [5, 5.41) is 22.7. The van der Waals surface area contributed by atoms with Gasteiger partial charge in [0.2, 0.25) is 0 Å². The van der Waals surface area contributed by atoms with Crippen molar-refractivity contribution in [2.24, 2.45) is 0 Å². The summed E-state index contributed by atoms with van der Waals surface area (Å²) < 4.78 is 4.59. The average molecular weight is 282 g/mol. The molecule has 2 N–H and O–H groups in total. The first-order valence-corrected chi connectivity index (χ1v) is 6.23. The molecule has 110 valence electrons. The third kappa shape index (κ3) is 4.20. The number of esters is 1. The van der Waals surface area contributed by atoms with E-state index in [0.29, 0.717) is 12.8 Å². The summed E-state index contributed by atoms with van der Waals surface area (Å²) in [6.07, 6.45) is 1.26. The number of ether oxygens (including phenoxy) is 1. The van der Waals surface area contributed by atoms with E-state index in [0.717, 1.165) is 0 Å². The van der Waals surface area contributed by atoms with Gasteiger partial charge in [0.25, 0.3) is 5.69 Å². The molecular weight excluding hydrogens is 264 g/mol. The minimum Gasteiger partial charge on any atom is -0.465 e. The number of carbonyl (C=O) groups excluding carboxylic acids is 1. The fourth-order valence-electron chi connectivity index (χ4n) is 1.79. The molecule has 1 unspecified atom stereocenters. The van der Waals surface area contributed by atoms with E-state index in [2.05, 4.69) is 10.1 Å². The van der Waals surface area contributed by atoms with Gasteiger partial charge in [0, 0.05) is 18.7 Å². The van der Waals surface area contributed by atoms with Crippen molar-refractivity contribution < 1.29 is 19.6 Å². The molecule has 1 rings (SSSR count). The molecule has 1 atom stereocenters. The molecule has 7 heteroatoms. The normalized spacial score (nSPS) is 11.8.